The lowest BCUT2D eigenvalue weighted by atomic mass is 9.98. The molecule has 1 fully saturated rings. The van der Waals surface area contributed by atoms with Crippen molar-refractivity contribution in [2.24, 2.45) is 0 Å². The van der Waals surface area contributed by atoms with Crippen LogP contribution in [0.2, 0.25) is 0 Å². The van der Waals surface area contributed by atoms with Crippen molar-refractivity contribution in [3.05, 3.63) is 41.8 Å². The molecule has 1 aromatic carbocycles. The number of para-hydroxylation sites is 1. The number of carbonyl (C=O) groups excluding carboxylic acids is 1. The van der Waals surface area contributed by atoms with Crippen molar-refractivity contribution in [3.63, 3.8) is 0 Å². The number of rotatable bonds is 4. The van der Waals surface area contributed by atoms with Crippen LogP contribution in [0.15, 0.2) is 28.8 Å². The number of aryl methyl sites for hydroxylation is 1. The minimum absolute atomic E-state index is 0.0439. The molecule has 23 heavy (non-hydrogen) atoms. The van der Waals surface area contributed by atoms with E-state index in [0.29, 0.717) is 24.8 Å². The molecule has 1 aliphatic rings. The van der Waals surface area contributed by atoms with Crippen LogP contribution < -0.4 is 4.74 Å². The summed E-state index contributed by atoms with van der Waals surface area (Å²) in [5, 5.41) is 3.79. The van der Waals surface area contributed by atoms with E-state index in [1.54, 1.807) is 24.0 Å². The summed E-state index contributed by atoms with van der Waals surface area (Å²) in [5.41, 5.74) is 0. The highest BCUT2D eigenvalue weighted by molar-refractivity contribution is 5.78. The number of nitrogens with zero attached hydrogens (tertiary/aromatic N) is 3. The third kappa shape index (κ3) is 3.67. The lowest BCUT2D eigenvalue weighted by Gasteiger charge is -2.30. The molecule has 1 aromatic heterocycles. The second-order valence-corrected chi connectivity index (χ2v) is 5.58. The van der Waals surface area contributed by atoms with E-state index >= 15 is 0 Å². The fourth-order valence-electron chi connectivity index (χ4n) is 2.68. The van der Waals surface area contributed by atoms with Gasteiger partial charge in [0.1, 0.15) is 0 Å². The van der Waals surface area contributed by atoms with E-state index < -0.39 is 5.82 Å². The Balaban J connectivity index is 1.58. The zero-order chi connectivity index (χ0) is 16.2. The highest BCUT2D eigenvalue weighted by atomic mass is 19.1. The van der Waals surface area contributed by atoms with Gasteiger partial charge < -0.3 is 14.2 Å². The number of aromatic nitrogens is 2. The minimum Gasteiger partial charge on any atom is -0.481 e. The molecule has 7 heteroatoms. The topological polar surface area (TPSA) is 68.5 Å². The fraction of sp³-hybridized carbons (Fsp3) is 0.438. The predicted octanol–water partition coefficient (Wildman–Crippen LogP) is 2.30. The van der Waals surface area contributed by atoms with Gasteiger partial charge in [0.05, 0.1) is 5.92 Å². The molecule has 0 N–H and O–H groups in total. The standard InChI is InChI=1S/C16H18FN3O3/c1-11-18-16(23-19-11)12-5-4-8-20(9-12)15(21)10-22-14-7-3-2-6-13(14)17/h2-3,6-7,12H,4-5,8-10H2,1H3. The maximum absolute atomic E-state index is 13.5. The van der Waals surface area contributed by atoms with Gasteiger partial charge in [-0.05, 0) is 31.9 Å². The normalized spacial score (nSPS) is 18.0. The smallest absolute Gasteiger partial charge is 0.260 e. The Morgan fingerprint density at radius 1 is 1.48 bits per heavy atom. The molecule has 1 atom stereocenters. The van der Waals surface area contributed by atoms with Crippen molar-refractivity contribution in [1.82, 2.24) is 15.0 Å². The number of carbonyl (C=O) groups is 1. The average Bonchev–Trinajstić information content (AvgIpc) is 3.00. The molecule has 1 unspecified atom stereocenters. The Hall–Kier alpha value is -2.44. The van der Waals surface area contributed by atoms with E-state index in [-0.39, 0.29) is 24.2 Å². The van der Waals surface area contributed by atoms with E-state index in [1.807, 2.05) is 0 Å². The Labute approximate surface area is 133 Å². The number of likely N-dealkylation sites (tertiary alicyclic amines) is 1. The van der Waals surface area contributed by atoms with Crippen LogP contribution >= 0.6 is 0 Å². The molecular formula is C16H18FN3O3. The van der Waals surface area contributed by atoms with Crippen molar-refractivity contribution in [2.75, 3.05) is 19.7 Å². The number of halogens is 1. The summed E-state index contributed by atoms with van der Waals surface area (Å²) in [4.78, 5) is 18.2. The molecule has 1 aliphatic heterocycles. The van der Waals surface area contributed by atoms with E-state index in [9.17, 15) is 9.18 Å². The lowest BCUT2D eigenvalue weighted by Crippen LogP contribution is -2.41. The zero-order valence-corrected chi connectivity index (χ0v) is 12.9. The molecule has 1 saturated heterocycles. The van der Waals surface area contributed by atoms with E-state index in [0.717, 1.165) is 12.8 Å². The van der Waals surface area contributed by atoms with Gasteiger partial charge in [0.25, 0.3) is 5.91 Å². The maximum atomic E-state index is 13.5. The third-order valence-electron chi connectivity index (χ3n) is 3.85. The summed E-state index contributed by atoms with van der Waals surface area (Å²) in [5.74, 6) is 0.637. The van der Waals surface area contributed by atoms with Gasteiger partial charge in [0.2, 0.25) is 5.89 Å². The van der Waals surface area contributed by atoms with Crippen LogP contribution in [0.3, 0.4) is 0 Å². The van der Waals surface area contributed by atoms with Gasteiger partial charge in [-0.3, -0.25) is 4.79 Å². The van der Waals surface area contributed by atoms with E-state index in [2.05, 4.69) is 10.1 Å². The molecular weight excluding hydrogens is 301 g/mol. The number of piperidine rings is 1. The highest BCUT2D eigenvalue weighted by Crippen LogP contribution is 2.25. The van der Waals surface area contributed by atoms with Gasteiger partial charge >= 0.3 is 0 Å². The first-order chi connectivity index (χ1) is 11.1. The van der Waals surface area contributed by atoms with Crippen molar-refractivity contribution in [2.45, 2.75) is 25.7 Å². The van der Waals surface area contributed by atoms with Crippen molar-refractivity contribution < 1.29 is 18.4 Å². The molecule has 122 valence electrons. The molecule has 2 heterocycles. The van der Waals surface area contributed by atoms with Crippen LogP contribution in [0.4, 0.5) is 4.39 Å². The number of ether oxygens (including phenoxy) is 1. The van der Waals surface area contributed by atoms with Gasteiger partial charge in [-0.15, -0.1) is 0 Å². The van der Waals surface area contributed by atoms with Gasteiger partial charge in [-0.25, -0.2) is 4.39 Å². The number of hydrogen-bond donors (Lipinski definition) is 0. The minimum atomic E-state index is -0.474. The predicted molar refractivity (Wildman–Crippen MR) is 79.5 cm³/mol. The molecule has 1 amide bonds. The van der Waals surface area contributed by atoms with E-state index in [4.69, 9.17) is 9.26 Å². The van der Waals surface area contributed by atoms with Gasteiger partial charge in [-0.1, -0.05) is 17.3 Å². The quantitative estimate of drug-likeness (QED) is 0.865. The number of benzene rings is 1. The van der Waals surface area contributed by atoms with Crippen LogP contribution in [0, 0.1) is 12.7 Å². The highest BCUT2D eigenvalue weighted by Gasteiger charge is 2.28. The maximum Gasteiger partial charge on any atom is 0.260 e. The zero-order valence-electron chi connectivity index (χ0n) is 12.9. The molecule has 0 radical (unpaired) electrons. The van der Waals surface area contributed by atoms with Crippen LogP contribution in [-0.2, 0) is 4.79 Å². The first-order valence-electron chi connectivity index (χ1n) is 7.59. The first-order valence-corrected chi connectivity index (χ1v) is 7.59. The van der Waals surface area contributed by atoms with Crippen LogP contribution in [-0.4, -0.2) is 40.6 Å². The Kier molecular flexibility index (Phi) is 4.55. The number of hydrogen-bond acceptors (Lipinski definition) is 5. The summed E-state index contributed by atoms with van der Waals surface area (Å²) in [6, 6.07) is 6.04. The monoisotopic (exact) mass is 319 g/mol. The summed E-state index contributed by atoms with van der Waals surface area (Å²) in [6.45, 7) is 2.75. The van der Waals surface area contributed by atoms with Crippen LogP contribution in [0.1, 0.15) is 30.5 Å². The lowest BCUT2D eigenvalue weighted by molar-refractivity contribution is -0.134. The van der Waals surface area contributed by atoms with Crippen molar-refractivity contribution in [1.29, 1.82) is 0 Å². The van der Waals surface area contributed by atoms with Gasteiger partial charge in [-0.2, -0.15) is 4.98 Å². The molecule has 3 rings (SSSR count). The summed E-state index contributed by atoms with van der Waals surface area (Å²) in [7, 11) is 0. The molecule has 2 aromatic rings. The summed E-state index contributed by atoms with van der Waals surface area (Å²) >= 11 is 0. The van der Waals surface area contributed by atoms with Gasteiger partial charge in [0, 0.05) is 13.1 Å². The third-order valence-corrected chi connectivity index (χ3v) is 3.85. The number of amides is 1. The van der Waals surface area contributed by atoms with Crippen molar-refractivity contribution in [3.8, 4) is 5.75 Å². The Morgan fingerprint density at radius 3 is 3.04 bits per heavy atom. The fourth-order valence-corrected chi connectivity index (χ4v) is 2.68. The van der Waals surface area contributed by atoms with Crippen LogP contribution in [0.5, 0.6) is 5.75 Å². The molecule has 6 nitrogen and oxygen atoms in total. The SMILES string of the molecule is Cc1noc(C2CCCN(C(=O)COc3ccccc3F)C2)n1. The molecule has 0 saturated carbocycles. The second kappa shape index (κ2) is 6.76. The second-order valence-electron chi connectivity index (χ2n) is 5.58. The first kappa shape index (κ1) is 15.5. The van der Waals surface area contributed by atoms with E-state index in [1.165, 1.54) is 12.1 Å². The van der Waals surface area contributed by atoms with Gasteiger partial charge in [0.15, 0.2) is 24.0 Å². The summed E-state index contributed by atoms with van der Waals surface area (Å²) in [6.07, 6.45) is 1.76. The molecule has 0 aliphatic carbocycles. The van der Waals surface area contributed by atoms with Crippen LogP contribution in [0.25, 0.3) is 0 Å². The molecule has 0 bridgehead atoms. The average molecular weight is 319 g/mol. The van der Waals surface area contributed by atoms with Crippen molar-refractivity contribution >= 4 is 5.91 Å². The molecule has 0 spiro atoms. The Morgan fingerprint density at radius 2 is 2.30 bits per heavy atom. The summed E-state index contributed by atoms with van der Waals surface area (Å²) < 4.78 is 24.0. The Bertz CT molecular complexity index is 689. The largest absolute Gasteiger partial charge is 0.481 e.